The predicted molar refractivity (Wildman–Crippen MR) is 106 cm³/mol. The Morgan fingerprint density at radius 3 is 2.68 bits per heavy atom. The Balaban J connectivity index is 1.83. The van der Waals surface area contributed by atoms with Crippen LogP contribution in [0.1, 0.15) is 44.1 Å². The van der Waals surface area contributed by atoms with E-state index in [0.29, 0.717) is 0 Å². The van der Waals surface area contributed by atoms with E-state index < -0.39 is 0 Å². The maximum absolute atomic E-state index is 13.2. The number of aryl methyl sites for hydroxylation is 1. The molecule has 1 amide bonds. The monoisotopic (exact) mass is 359 g/mol. The zero-order valence-electron chi connectivity index (χ0n) is 15.6. The summed E-state index contributed by atoms with van der Waals surface area (Å²) in [7, 11) is 4.15. The summed E-state index contributed by atoms with van der Waals surface area (Å²) < 4.78 is 1.17. The number of aromatic nitrogens is 1. The van der Waals surface area contributed by atoms with Gasteiger partial charge in [-0.15, -0.1) is 0 Å². The highest BCUT2D eigenvalue weighted by atomic mass is 32.1. The normalized spacial score (nSPS) is 15.8. The van der Waals surface area contributed by atoms with Crippen molar-refractivity contribution < 1.29 is 4.79 Å². The van der Waals surface area contributed by atoms with Gasteiger partial charge in [0.25, 0.3) is 0 Å². The number of nitrogens with zero attached hydrogens (tertiary/aromatic N) is 3. The molecule has 25 heavy (non-hydrogen) atoms. The zero-order valence-corrected chi connectivity index (χ0v) is 16.4. The lowest BCUT2D eigenvalue weighted by atomic mass is 9.88. The van der Waals surface area contributed by atoms with Crippen LogP contribution in [0.15, 0.2) is 18.2 Å². The van der Waals surface area contributed by atoms with Crippen LogP contribution in [0.2, 0.25) is 0 Å². The molecule has 136 valence electrons. The molecule has 0 spiro atoms. The van der Waals surface area contributed by atoms with Crippen LogP contribution >= 0.6 is 11.3 Å². The van der Waals surface area contributed by atoms with Crippen molar-refractivity contribution in [2.75, 3.05) is 32.1 Å². The van der Waals surface area contributed by atoms with Gasteiger partial charge in [0, 0.05) is 12.5 Å². The highest BCUT2D eigenvalue weighted by molar-refractivity contribution is 7.22. The third-order valence-corrected chi connectivity index (χ3v) is 6.01. The first-order valence-corrected chi connectivity index (χ1v) is 10.2. The van der Waals surface area contributed by atoms with Crippen LogP contribution in [0.3, 0.4) is 0 Å². The van der Waals surface area contributed by atoms with Crippen LogP contribution in [0.4, 0.5) is 5.13 Å². The molecule has 1 aliphatic rings. The molecule has 1 heterocycles. The van der Waals surface area contributed by atoms with E-state index in [1.54, 1.807) is 11.3 Å². The van der Waals surface area contributed by atoms with Crippen molar-refractivity contribution in [3.8, 4) is 0 Å². The van der Waals surface area contributed by atoms with Crippen molar-refractivity contribution in [1.82, 2.24) is 9.88 Å². The van der Waals surface area contributed by atoms with Gasteiger partial charge in [-0.3, -0.25) is 9.69 Å². The summed E-state index contributed by atoms with van der Waals surface area (Å²) >= 11 is 1.65. The van der Waals surface area contributed by atoms with Crippen LogP contribution in [0.25, 0.3) is 10.2 Å². The van der Waals surface area contributed by atoms with Gasteiger partial charge in [0.1, 0.15) is 0 Å². The summed E-state index contributed by atoms with van der Waals surface area (Å²) in [6.07, 6.45) is 6.67. The number of rotatable bonds is 6. The standard InChI is InChI=1S/C20H29N3OS/c1-15-10-11-17-18(14-15)25-20(21-17)23(13-7-12-22(2)3)19(24)16-8-5-4-6-9-16/h10-11,14,16H,4-9,12-13H2,1-3H3. The lowest BCUT2D eigenvalue weighted by Gasteiger charge is -2.28. The Labute approximate surface area is 154 Å². The van der Waals surface area contributed by atoms with Crippen LogP contribution in [0, 0.1) is 12.8 Å². The summed E-state index contributed by atoms with van der Waals surface area (Å²) in [6.45, 7) is 3.84. The molecule has 4 nitrogen and oxygen atoms in total. The van der Waals surface area contributed by atoms with Crippen LogP contribution in [-0.4, -0.2) is 43.0 Å². The summed E-state index contributed by atoms with van der Waals surface area (Å²) in [5.41, 5.74) is 2.24. The Hall–Kier alpha value is -1.46. The number of hydrogen-bond acceptors (Lipinski definition) is 4. The molecule has 0 saturated heterocycles. The topological polar surface area (TPSA) is 36.4 Å². The quantitative estimate of drug-likeness (QED) is 0.763. The summed E-state index contributed by atoms with van der Waals surface area (Å²) in [5.74, 6) is 0.469. The van der Waals surface area contributed by atoms with E-state index in [0.717, 1.165) is 43.0 Å². The van der Waals surface area contributed by atoms with E-state index in [2.05, 4.69) is 44.1 Å². The van der Waals surface area contributed by atoms with E-state index >= 15 is 0 Å². The minimum absolute atomic E-state index is 0.182. The predicted octanol–water partition coefficient (Wildman–Crippen LogP) is 4.47. The number of carbonyl (C=O) groups excluding carboxylic acids is 1. The molecule has 0 bridgehead atoms. The van der Waals surface area contributed by atoms with Gasteiger partial charge in [-0.25, -0.2) is 4.98 Å². The molecule has 1 saturated carbocycles. The Bertz CT molecular complexity index is 719. The van der Waals surface area contributed by atoms with E-state index in [9.17, 15) is 4.79 Å². The highest BCUT2D eigenvalue weighted by Gasteiger charge is 2.28. The fraction of sp³-hybridized carbons (Fsp3) is 0.600. The summed E-state index contributed by atoms with van der Waals surface area (Å²) in [5, 5.41) is 0.870. The number of carbonyl (C=O) groups is 1. The number of thiazole rings is 1. The van der Waals surface area contributed by atoms with Gasteiger partial charge in [-0.05, 0) is 64.5 Å². The summed E-state index contributed by atoms with van der Waals surface area (Å²) in [6, 6.07) is 6.32. The van der Waals surface area contributed by atoms with Crippen molar-refractivity contribution in [3.05, 3.63) is 23.8 Å². The molecular formula is C20H29N3OS. The second-order valence-electron chi connectivity index (χ2n) is 7.45. The number of amides is 1. The lowest BCUT2D eigenvalue weighted by molar-refractivity contribution is -0.123. The van der Waals surface area contributed by atoms with Gasteiger partial charge < -0.3 is 4.90 Å². The molecular weight excluding hydrogens is 330 g/mol. The van der Waals surface area contributed by atoms with Crippen molar-refractivity contribution in [2.24, 2.45) is 5.92 Å². The third-order valence-electron chi connectivity index (χ3n) is 4.97. The van der Waals surface area contributed by atoms with Gasteiger partial charge in [-0.2, -0.15) is 0 Å². The maximum Gasteiger partial charge on any atom is 0.231 e. The Morgan fingerprint density at radius 1 is 1.20 bits per heavy atom. The van der Waals surface area contributed by atoms with Crippen LogP contribution < -0.4 is 4.90 Å². The van der Waals surface area contributed by atoms with Gasteiger partial charge in [0.2, 0.25) is 5.91 Å². The number of benzene rings is 1. The van der Waals surface area contributed by atoms with Crippen LogP contribution in [-0.2, 0) is 4.79 Å². The molecule has 0 atom stereocenters. The molecule has 1 aromatic carbocycles. The molecule has 5 heteroatoms. The van der Waals surface area contributed by atoms with Crippen molar-refractivity contribution in [1.29, 1.82) is 0 Å². The zero-order chi connectivity index (χ0) is 17.8. The fourth-order valence-corrected chi connectivity index (χ4v) is 4.65. The van der Waals surface area contributed by atoms with Gasteiger partial charge in [0.15, 0.2) is 5.13 Å². The molecule has 0 N–H and O–H groups in total. The molecule has 0 aliphatic heterocycles. The largest absolute Gasteiger partial charge is 0.309 e. The molecule has 0 unspecified atom stereocenters. The molecule has 2 aromatic rings. The van der Waals surface area contributed by atoms with Crippen LogP contribution in [0.5, 0.6) is 0 Å². The minimum atomic E-state index is 0.182. The smallest absolute Gasteiger partial charge is 0.231 e. The molecule has 1 fully saturated rings. The first-order chi connectivity index (χ1) is 12.0. The molecule has 1 aromatic heterocycles. The van der Waals surface area contributed by atoms with Gasteiger partial charge >= 0.3 is 0 Å². The number of hydrogen-bond donors (Lipinski definition) is 0. The first kappa shape index (κ1) is 18.3. The summed E-state index contributed by atoms with van der Waals surface area (Å²) in [4.78, 5) is 22.1. The number of fused-ring (bicyclic) bond motifs is 1. The average molecular weight is 360 g/mol. The van der Waals surface area contributed by atoms with Gasteiger partial charge in [0.05, 0.1) is 10.2 Å². The second-order valence-corrected chi connectivity index (χ2v) is 8.46. The Kier molecular flexibility index (Phi) is 6.07. The first-order valence-electron chi connectivity index (χ1n) is 9.38. The molecule has 3 rings (SSSR count). The maximum atomic E-state index is 13.2. The lowest BCUT2D eigenvalue weighted by Crippen LogP contribution is -2.38. The molecule has 1 aliphatic carbocycles. The van der Waals surface area contributed by atoms with Crippen molar-refractivity contribution in [2.45, 2.75) is 45.4 Å². The van der Waals surface area contributed by atoms with E-state index in [-0.39, 0.29) is 11.8 Å². The average Bonchev–Trinajstić information content (AvgIpc) is 3.01. The van der Waals surface area contributed by atoms with E-state index in [4.69, 9.17) is 4.98 Å². The van der Waals surface area contributed by atoms with E-state index in [1.807, 2.05) is 4.90 Å². The SMILES string of the molecule is Cc1ccc2nc(N(CCCN(C)C)C(=O)C3CCCCC3)sc2c1. The van der Waals surface area contributed by atoms with Crippen molar-refractivity contribution >= 4 is 32.6 Å². The Morgan fingerprint density at radius 2 is 1.96 bits per heavy atom. The highest BCUT2D eigenvalue weighted by Crippen LogP contribution is 2.33. The number of anilines is 1. The minimum Gasteiger partial charge on any atom is -0.309 e. The molecule has 0 radical (unpaired) electrons. The van der Waals surface area contributed by atoms with Gasteiger partial charge in [-0.1, -0.05) is 36.7 Å². The fourth-order valence-electron chi connectivity index (χ4n) is 3.55. The van der Waals surface area contributed by atoms with Crippen molar-refractivity contribution in [3.63, 3.8) is 0 Å². The second kappa shape index (κ2) is 8.28. The van der Waals surface area contributed by atoms with E-state index in [1.165, 1.54) is 29.5 Å². The third kappa shape index (κ3) is 4.59.